The molecule has 0 radical (unpaired) electrons. The van der Waals surface area contributed by atoms with E-state index in [2.05, 4.69) is 0 Å². The van der Waals surface area contributed by atoms with Crippen molar-refractivity contribution in [2.75, 3.05) is 13.7 Å². The van der Waals surface area contributed by atoms with Crippen LogP contribution in [0.4, 0.5) is 4.79 Å². The van der Waals surface area contributed by atoms with Gasteiger partial charge in [-0.25, -0.2) is 4.79 Å². The van der Waals surface area contributed by atoms with Gasteiger partial charge in [-0.3, -0.25) is 0 Å². The predicted octanol–water partition coefficient (Wildman–Crippen LogP) is 1.62. The van der Waals surface area contributed by atoms with Crippen molar-refractivity contribution < 1.29 is 14.6 Å². The van der Waals surface area contributed by atoms with E-state index in [0.29, 0.717) is 6.42 Å². The molecule has 0 fully saturated rings. The number of hydrogen-bond acceptors (Lipinski definition) is 3. The van der Waals surface area contributed by atoms with Crippen molar-refractivity contribution in [3.63, 3.8) is 0 Å². The second kappa shape index (κ2) is 5.20. The van der Waals surface area contributed by atoms with Crippen LogP contribution in [0.3, 0.4) is 0 Å². The molecule has 0 aliphatic heterocycles. The molecule has 14 heavy (non-hydrogen) atoms. The van der Waals surface area contributed by atoms with Crippen LogP contribution in [0.1, 0.15) is 34.1 Å². The average molecular weight is 203 g/mol. The van der Waals surface area contributed by atoms with Crippen LogP contribution >= 0.6 is 0 Å². The molecule has 1 N–H and O–H groups in total. The first-order chi connectivity index (χ1) is 6.28. The summed E-state index contributed by atoms with van der Waals surface area (Å²) in [6, 6.07) is -0.00477. The molecule has 1 atom stereocenters. The van der Waals surface area contributed by atoms with Gasteiger partial charge in [0.05, 0.1) is 0 Å². The maximum absolute atomic E-state index is 11.5. The number of aliphatic hydroxyl groups is 1. The molecule has 0 bridgehead atoms. The summed E-state index contributed by atoms with van der Waals surface area (Å²) < 4.78 is 5.17. The monoisotopic (exact) mass is 203 g/mol. The lowest BCUT2D eigenvalue weighted by molar-refractivity contribution is 0.0218. The van der Waals surface area contributed by atoms with Gasteiger partial charge >= 0.3 is 6.09 Å². The Labute approximate surface area is 85.9 Å². The molecule has 0 saturated heterocycles. The summed E-state index contributed by atoms with van der Waals surface area (Å²) in [6.45, 7) is 7.44. The quantitative estimate of drug-likeness (QED) is 0.758. The summed E-state index contributed by atoms with van der Waals surface area (Å²) in [5.74, 6) is 0. The molecule has 1 amide bonds. The van der Waals surface area contributed by atoms with Crippen LogP contribution in [0.15, 0.2) is 0 Å². The summed E-state index contributed by atoms with van der Waals surface area (Å²) >= 11 is 0. The predicted molar refractivity (Wildman–Crippen MR) is 55.2 cm³/mol. The Balaban J connectivity index is 4.12. The van der Waals surface area contributed by atoms with Crippen LogP contribution in [0.5, 0.6) is 0 Å². The van der Waals surface area contributed by atoms with Crippen molar-refractivity contribution in [3.05, 3.63) is 0 Å². The van der Waals surface area contributed by atoms with Gasteiger partial charge in [0.25, 0.3) is 0 Å². The summed E-state index contributed by atoms with van der Waals surface area (Å²) in [6.07, 6.45) is 0.217. The molecule has 0 spiro atoms. The molecule has 0 rings (SSSR count). The van der Waals surface area contributed by atoms with Gasteiger partial charge in [-0.1, -0.05) is 0 Å². The number of rotatable bonds is 3. The first-order valence-corrected chi connectivity index (χ1v) is 4.84. The summed E-state index contributed by atoms with van der Waals surface area (Å²) in [7, 11) is 1.68. The molecule has 0 aromatic carbocycles. The molecule has 0 saturated carbocycles. The highest BCUT2D eigenvalue weighted by Gasteiger charge is 2.22. The second-order valence-electron chi connectivity index (χ2n) is 4.45. The van der Waals surface area contributed by atoms with E-state index in [0.717, 1.165) is 0 Å². The summed E-state index contributed by atoms with van der Waals surface area (Å²) in [5.41, 5.74) is -0.468. The minimum absolute atomic E-state index is 0.00477. The van der Waals surface area contributed by atoms with Crippen LogP contribution in [0.2, 0.25) is 0 Å². The fourth-order valence-electron chi connectivity index (χ4n) is 0.894. The van der Waals surface area contributed by atoms with Crippen molar-refractivity contribution in [1.82, 2.24) is 4.90 Å². The number of nitrogens with zero attached hydrogens (tertiary/aromatic N) is 1. The van der Waals surface area contributed by atoms with Crippen molar-refractivity contribution >= 4 is 6.09 Å². The number of carbonyl (C=O) groups excluding carboxylic acids is 1. The third-order valence-electron chi connectivity index (χ3n) is 1.89. The van der Waals surface area contributed by atoms with Crippen LogP contribution in [0.25, 0.3) is 0 Å². The second-order valence-corrected chi connectivity index (χ2v) is 4.45. The SMILES string of the molecule is C[C@H](CCO)N(C)C(=O)OC(C)(C)C. The molecule has 0 aliphatic rings. The Kier molecular flexibility index (Phi) is 4.91. The summed E-state index contributed by atoms with van der Waals surface area (Å²) in [4.78, 5) is 13.0. The third-order valence-corrected chi connectivity index (χ3v) is 1.89. The van der Waals surface area contributed by atoms with Crippen LogP contribution < -0.4 is 0 Å². The van der Waals surface area contributed by atoms with Crippen LogP contribution in [-0.2, 0) is 4.74 Å². The molecule has 0 aliphatic carbocycles. The van der Waals surface area contributed by atoms with Gasteiger partial charge in [0.1, 0.15) is 5.60 Å². The van der Waals surface area contributed by atoms with Gasteiger partial charge in [0, 0.05) is 19.7 Å². The van der Waals surface area contributed by atoms with Gasteiger partial charge in [0.15, 0.2) is 0 Å². The van der Waals surface area contributed by atoms with E-state index in [-0.39, 0.29) is 18.7 Å². The minimum Gasteiger partial charge on any atom is -0.444 e. The Morgan fingerprint density at radius 3 is 2.36 bits per heavy atom. The minimum atomic E-state index is -0.468. The standard InChI is InChI=1S/C10H21NO3/c1-8(6-7-12)11(5)9(13)14-10(2,3)4/h8,12H,6-7H2,1-5H3/t8-/m1/s1. The molecule has 4 heteroatoms. The molecule has 0 heterocycles. The molecule has 84 valence electrons. The van der Waals surface area contributed by atoms with Gasteiger partial charge in [-0.05, 0) is 34.1 Å². The Bertz CT molecular complexity index is 186. The Morgan fingerprint density at radius 1 is 1.50 bits per heavy atom. The normalized spacial score (nSPS) is 13.6. The fraction of sp³-hybridized carbons (Fsp3) is 0.900. The Morgan fingerprint density at radius 2 is 2.00 bits per heavy atom. The van der Waals surface area contributed by atoms with Crippen LogP contribution in [-0.4, -0.2) is 41.4 Å². The van der Waals surface area contributed by atoms with Crippen molar-refractivity contribution in [2.45, 2.75) is 45.8 Å². The zero-order valence-electron chi connectivity index (χ0n) is 9.70. The van der Waals surface area contributed by atoms with E-state index in [9.17, 15) is 4.79 Å². The highest BCUT2D eigenvalue weighted by atomic mass is 16.6. The third kappa shape index (κ3) is 5.07. The van der Waals surface area contributed by atoms with E-state index < -0.39 is 5.60 Å². The number of carbonyl (C=O) groups is 1. The first kappa shape index (κ1) is 13.2. The Hall–Kier alpha value is -0.770. The highest BCUT2D eigenvalue weighted by molar-refractivity contribution is 5.68. The van der Waals surface area contributed by atoms with Crippen LogP contribution in [0, 0.1) is 0 Å². The zero-order valence-corrected chi connectivity index (χ0v) is 9.70. The smallest absolute Gasteiger partial charge is 0.410 e. The molecule has 0 aromatic rings. The van der Waals surface area contributed by atoms with Gasteiger partial charge in [0.2, 0.25) is 0 Å². The molecule has 0 aromatic heterocycles. The van der Waals surface area contributed by atoms with E-state index in [1.165, 1.54) is 4.90 Å². The average Bonchev–Trinajstić information content (AvgIpc) is 2.00. The number of ether oxygens (including phenoxy) is 1. The van der Waals surface area contributed by atoms with Gasteiger partial charge in [-0.15, -0.1) is 0 Å². The first-order valence-electron chi connectivity index (χ1n) is 4.84. The zero-order chi connectivity index (χ0) is 11.4. The molecule has 0 unspecified atom stereocenters. The lowest BCUT2D eigenvalue weighted by Crippen LogP contribution is -2.39. The van der Waals surface area contributed by atoms with Crippen molar-refractivity contribution in [1.29, 1.82) is 0 Å². The lowest BCUT2D eigenvalue weighted by Gasteiger charge is -2.28. The highest BCUT2D eigenvalue weighted by Crippen LogP contribution is 2.11. The van der Waals surface area contributed by atoms with E-state index >= 15 is 0 Å². The van der Waals surface area contributed by atoms with E-state index in [4.69, 9.17) is 9.84 Å². The van der Waals surface area contributed by atoms with E-state index in [1.807, 2.05) is 27.7 Å². The fourth-order valence-corrected chi connectivity index (χ4v) is 0.894. The maximum atomic E-state index is 11.5. The largest absolute Gasteiger partial charge is 0.444 e. The maximum Gasteiger partial charge on any atom is 0.410 e. The molecular weight excluding hydrogens is 182 g/mol. The van der Waals surface area contributed by atoms with Gasteiger partial charge < -0.3 is 14.7 Å². The number of hydrogen-bond donors (Lipinski definition) is 1. The topological polar surface area (TPSA) is 49.8 Å². The van der Waals surface area contributed by atoms with Gasteiger partial charge in [-0.2, -0.15) is 0 Å². The molecular formula is C10H21NO3. The van der Waals surface area contributed by atoms with E-state index in [1.54, 1.807) is 7.05 Å². The lowest BCUT2D eigenvalue weighted by atomic mass is 10.2. The summed E-state index contributed by atoms with van der Waals surface area (Å²) in [5, 5.41) is 8.72. The van der Waals surface area contributed by atoms with Crippen molar-refractivity contribution in [2.24, 2.45) is 0 Å². The number of aliphatic hydroxyl groups excluding tert-OH is 1. The van der Waals surface area contributed by atoms with Crippen molar-refractivity contribution in [3.8, 4) is 0 Å². The number of amides is 1. The molecule has 4 nitrogen and oxygen atoms in total.